The number of halogens is 1. The Bertz CT molecular complexity index is 1080. The molecule has 0 bridgehead atoms. The van der Waals surface area contributed by atoms with Crippen LogP contribution in [0.2, 0.25) is 0 Å². The maximum Gasteiger partial charge on any atom is 0.128 e. The molecule has 3 heterocycles. The van der Waals surface area contributed by atoms with Crippen molar-refractivity contribution in [3.05, 3.63) is 58.7 Å². The number of alkyl halides is 1. The number of phenolic OH excluding ortho intramolecular Hbond substituents is 1. The van der Waals surface area contributed by atoms with Crippen LogP contribution < -0.4 is 5.49 Å². The maximum atomic E-state index is 12.8. The van der Waals surface area contributed by atoms with E-state index >= 15 is 0 Å². The van der Waals surface area contributed by atoms with Crippen LogP contribution in [0.4, 0.5) is 4.39 Å². The highest BCUT2D eigenvalue weighted by molar-refractivity contribution is 5.41. The number of unbranched alkanes of at least 4 members (excludes halogenated alkanes) is 2. The fraction of sp³-hybridized carbons (Fsp3) is 0.645. The Morgan fingerprint density at radius 3 is 2.58 bits per heavy atom. The first kappa shape index (κ1) is 28.8. The third-order valence-corrected chi connectivity index (χ3v) is 8.12. The van der Waals surface area contributed by atoms with Crippen LogP contribution in [0.5, 0.6) is 5.75 Å². The molecule has 0 amide bonds. The quantitative estimate of drug-likeness (QED) is 0.388. The van der Waals surface area contributed by atoms with E-state index in [1.807, 2.05) is 12.1 Å². The van der Waals surface area contributed by atoms with Gasteiger partial charge in [-0.1, -0.05) is 19.4 Å². The van der Waals surface area contributed by atoms with Gasteiger partial charge in [0.2, 0.25) is 0 Å². The summed E-state index contributed by atoms with van der Waals surface area (Å²) in [5.41, 5.74) is 4.75. The van der Waals surface area contributed by atoms with Gasteiger partial charge in [-0.2, -0.15) is 0 Å². The normalized spacial score (nSPS) is 19.4. The number of likely N-dealkylation sites (tertiary alicyclic amines) is 1. The number of aromatic hydroxyl groups is 1. The maximum absolute atomic E-state index is 12.8. The topological polar surface area (TPSA) is 53.2 Å². The lowest BCUT2D eigenvalue weighted by Gasteiger charge is -2.38. The number of ether oxygens (including phenoxy) is 1. The summed E-state index contributed by atoms with van der Waals surface area (Å²) in [5, 5.41) is 10.2. The number of hydrogen-bond acceptors (Lipinski definition) is 5. The van der Waals surface area contributed by atoms with Crippen LogP contribution in [0.25, 0.3) is 0 Å². The smallest absolute Gasteiger partial charge is 0.128 e. The van der Waals surface area contributed by atoms with Crippen LogP contribution in [-0.4, -0.2) is 84.7 Å². The van der Waals surface area contributed by atoms with Crippen molar-refractivity contribution in [3.63, 3.8) is 0 Å². The number of phenols is 1. The number of aromatic nitrogens is 1. The molecule has 2 atom stereocenters. The Kier molecular flexibility index (Phi) is 10.8. The molecule has 0 aliphatic carbocycles. The second kappa shape index (κ2) is 14.2. The van der Waals surface area contributed by atoms with Crippen LogP contribution in [0.1, 0.15) is 62.6 Å². The van der Waals surface area contributed by atoms with Gasteiger partial charge in [-0.15, -0.1) is 0 Å². The van der Waals surface area contributed by atoms with Crippen molar-refractivity contribution < 1.29 is 14.2 Å². The van der Waals surface area contributed by atoms with Gasteiger partial charge in [-0.25, -0.2) is 0 Å². The highest BCUT2D eigenvalue weighted by atomic mass is 19.1. The summed E-state index contributed by atoms with van der Waals surface area (Å²) < 4.78 is 20.5. The van der Waals surface area contributed by atoms with E-state index in [1.54, 1.807) is 0 Å². The first-order valence-electron chi connectivity index (χ1n) is 14.6. The molecule has 0 radical (unpaired) electrons. The molecule has 2 aliphatic rings. The monoisotopic (exact) mass is 526 g/mol. The summed E-state index contributed by atoms with van der Waals surface area (Å²) in [4.78, 5) is 9.85. The number of nitrogens with zero attached hydrogens (tertiary/aromatic N) is 4. The lowest BCUT2D eigenvalue weighted by molar-refractivity contribution is 0.0371. The zero-order valence-corrected chi connectivity index (χ0v) is 23.6. The highest BCUT2D eigenvalue weighted by Gasteiger charge is 2.27. The van der Waals surface area contributed by atoms with Gasteiger partial charge < -0.3 is 19.3 Å². The predicted molar refractivity (Wildman–Crippen MR) is 151 cm³/mol. The van der Waals surface area contributed by atoms with Crippen molar-refractivity contribution in [2.75, 3.05) is 59.2 Å². The van der Waals surface area contributed by atoms with Gasteiger partial charge in [-0.3, -0.25) is 14.3 Å². The van der Waals surface area contributed by atoms with Crippen molar-refractivity contribution in [2.45, 2.75) is 65.0 Å². The van der Waals surface area contributed by atoms with Gasteiger partial charge in [0.1, 0.15) is 11.2 Å². The van der Waals surface area contributed by atoms with E-state index in [0.29, 0.717) is 5.75 Å². The summed E-state index contributed by atoms with van der Waals surface area (Å²) in [6.07, 6.45) is 6.63. The van der Waals surface area contributed by atoms with Crippen LogP contribution in [-0.2, 0) is 17.7 Å². The second-order valence-electron chi connectivity index (χ2n) is 11.2. The molecule has 210 valence electrons. The number of benzene rings is 1. The molecule has 2 unspecified atom stereocenters. The lowest BCUT2D eigenvalue weighted by atomic mass is 9.88. The summed E-state index contributed by atoms with van der Waals surface area (Å²) in [7, 11) is 0. The number of rotatable bonds is 13. The Morgan fingerprint density at radius 1 is 1.05 bits per heavy atom. The van der Waals surface area contributed by atoms with Crippen LogP contribution in [0, 0.1) is 5.92 Å². The molecule has 6 nitrogen and oxygen atoms in total. The molecule has 0 saturated carbocycles. The summed E-state index contributed by atoms with van der Waals surface area (Å²) in [6, 6.07) is 10.4. The van der Waals surface area contributed by atoms with Crippen molar-refractivity contribution in [1.29, 1.82) is 0 Å². The van der Waals surface area contributed by atoms with Gasteiger partial charge in [0.05, 0.1) is 25.9 Å². The number of pyridine rings is 1. The molecule has 2 aliphatic heterocycles. The van der Waals surface area contributed by atoms with E-state index in [-0.39, 0.29) is 24.6 Å². The van der Waals surface area contributed by atoms with Crippen molar-refractivity contribution >= 4 is 0 Å². The molecule has 1 aromatic carbocycles. The largest absolute Gasteiger partial charge is 0.508 e. The van der Waals surface area contributed by atoms with E-state index in [0.717, 1.165) is 77.4 Å². The Hall–Kier alpha value is -2.22. The van der Waals surface area contributed by atoms with Gasteiger partial charge in [0, 0.05) is 57.3 Å². The number of aryl methyl sites for hydroxylation is 2. The van der Waals surface area contributed by atoms with Crippen molar-refractivity contribution in [3.8, 4) is 5.75 Å². The Morgan fingerprint density at radius 2 is 1.84 bits per heavy atom. The molecule has 1 aromatic heterocycles. The van der Waals surface area contributed by atoms with Gasteiger partial charge in [0.15, 0.2) is 0 Å². The third kappa shape index (κ3) is 7.90. The van der Waals surface area contributed by atoms with E-state index in [4.69, 9.17) is 9.73 Å². The fourth-order valence-electron chi connectivity index (χ4n) is 5.81. The average molecular weight is 527 g/mol. The molecule has 38 heavy (non-hydrogen) atoms. The molecule has 4 rings (SSSR count). The average Bonchev–Trinajstić information content (AvgIpc) is 2.90. The molecular weight excluding hydrogens is 479 g/mol. The first-order valence-corrected chi connectivity index (χ1v) is 14.6. The van der Waals surface area contributed by atoms with Gasteiger partial charge in [0.25, 0.3) is 0 Å². The van der Waals surface area contributed by atoms with Crippen molar-refractivity contribution in [2.24, 2.45) is 10.9 Å². The summed E-state index contributed by atoms with van der Waals surface area (Å²) in [5.74, 6) is 0.748. The van der Waals surface area contributed by atoms with E-state index in [1.165, 1.54) is 29.5 Å². The zero-order valence-electron chi connectivity index (χ0n) is 23.6. The molecule has 0 spiro atoms. The Labute approximate surface area is 228 Å². The third-order valence-electron chi connectivity index (χ3n) is 8.12. The SMILES string of the molecule is CCn1ccc(C(C)c2ccc(O)cc2CCCCCN2CCOCC2)cc1=NC(C)CN1CC(CF)C1. The van der Waals surface area contributed by atoms with Crippen molar-refractivity contribution in [1.82, 2.24) is 14.4 Å². The molecule has 7 heteroatoms. The zero-order chi connectivity index (χ0) is 26.9. The first-order chi connectivity index (χ1) is 18.5. The van der Waals surface area contributed by atoms with E-state index < -0.39 is 0 Å². The summed E-state index contributed by atoms with van der Waals surface area (Å²) >= 11 is 0. The number of morpholine rings is 1. The van der Waals surface area contributed by atoms with Gasteiger partial charge in [-0.05, 0) is 80.6 Å². The van der Waals surface area contributed by atoms with Crippen LogP contribution in [0.3, 0.4) is 0 Å². The minimum absolute atomic E-state index is 0.153. The molecule has 1 N–H and O–H groups in total. The minimum atomic E-state index is -0.217. The summed E-state index contributed by atoms with van der Waals surface area (Å²) in [6.45, 7) is 14.7. The van der Waals surface area contributed by atoms with Gasteiger partial charge >= 0.3 is 0 Å². The van der Waals surface area contributed by atoms with E-state index in [2.05, 4.69) is 59.5 Å². The minimum Gasteiger partial charge on any atom is -0.508 e. The lowest BCUT2D eigenvalue weighted by Crippen LogP contribution is -2.50. The second-order valence-corrected chi connectivity index (χ2v) is 11.2. The predicted octanol–water partition coefficient (Wildman–Crippen LogP) is 4.60. The molecule has 2 saturated heterocycles. The highest BCUT2D eigenvalue weighted by Crippen LogP contribution is 2.30. The standard InChI is InChI=1S/C31H47FN4O2/c1-4-36-13-11-27(19-31(36)33-24(2)21-35-22-26(20-32)23-35)25(3)30-10-9-29(37)18-28(30)8-6-5-7-12-34-14-16-38-17-15-34/h9-11,13,18-19,24-26,37H,4-8,12,14-17,20-23H2,1-3H3. The molecule has 2 aromatic rings. The number of hydrogen-bond donors (Lipinski definition) is 1. The fourth-order valence-corrected chi connectivity index (χ4v) is 5.81. The van der Waals surface area contributed by atoms with Crippen LogP contribution in [0.15, 0.2) is 41.5 Å². The Balaban J connectivity index is 1.41. The molecule has 2 fully saturated rings. The van der Waals surface area contributed by atoms with Crippen LogP contribution >= 0.6 is 0 Å². The van der Waals surface area contributed by atoms with E-state index in [9.17, 15) is 9.50 Å². The molecular formula is C31H47FN4O2.